The number of nitrogens with one attached hydrogen (secondary N) is 1. The van der Waals surface area contributed by atoms with Gasteiger partial charge >= 0.3 is 0 Å². The van der Waals surface area contributed by atoms with Gasteiger partial charge in [0.25, 0.3) is 5.91 Å². The number of hydrogen-bond donors (Lipinski definition) is 1. The highest BCUT2D eigenvalue weighted by molar-refractivity contribution is 7.99. The van der Waals surface area contributed by atoms with E-state index in [4.69, 9.17) is 11.6 Å². The van der Waals surface area contributed by atoms with Crippen molar-refractivity contribution in [1.82, 2.24) is 20.2 Å². The average molecular weight is 488 g/mol. The van der Waals surface area contributed by atoms with Crippen LogP contribution in [0, 0.1) is 6.92 Å². The van der Waals surface area contributed by atoms with E-state index in [-0.39, 0.29) is 11.7 Å². The molecule has 0 spiro atoms. The van der Waals surface area contributed by atoms with E-state index in [2.05, 4.69) is 20.7 Å². The molecule has 0 unspecified atom stereocenters. The van der Waals surface area contributed by atoms with E-state index < -0.39 is 0 Å². The van der Waals surface area contributed by atoms with Gasteiger partial charge in [-0.2, -0.15) is 5.10 Å². The molecule has 1 aromatic heterocycles. The Morgan fingerprint density at radius 3 is 2.50 bits per heavy atom. The van der Waals surface area contributed by atoms with Crippen LogP contribution in [0.5, 0.6) is 0 Å². The summed E-state index contributed by atoms with van der Waals surface area (Å²) >= 11 is 7.36. The number of amides is 1. The second-order valence-corrected chi connectivity index (χ2v) is 8.73. The van der Waals surface area contributed by atoms with Gasteiger partial charge in [0.15, 0.2) is 11.0 Å². The van der Waals surface area contributed by atoms with E-state index in [9.17, 15) is 4.79 Å². The van der Waals surface area contributed by atoms with Crippen LogP contribution in [0.2, 0.25) is 5.02 Å². The van der Waals surface area contributed by atoms with Gasteiger partial charge in [0.1, 0.15) is 0 Å². The first kappa shape index (κ1) is 23.5. The second kappa shape index (κ2) is 11.4. The van der Waals surface area contributed by atoms with Gasteiger partial charge in [0.05, 0.1) is 5.75 Å². The molecule has 1 amide bonds. The average Bonchev–Trinajstić information content (AvgIpc) is 3.28. The van der Waals surface area contributed by atoms with Crippen LogP contribution >= 0.6 is 23.4 Å². The first-order valence-corrected chi connectivity index (χ1v) is 11.9. The van der Waals surface area contributed by atoms with Crippen LogP contribution in [0.4, 0.5) is 0 Å². The lowest BCUT2D eigenvalue weighted by atomic mass is 10.1. The summed E-state index contributed by atoms with van der Waals surface area (Å²) in [7, 11) is 0. The fourth-order valence-corrected chi connectivity index (χ4v) is 3.98. The van der Waals surface area contributed by atoms with Crippen LogP contribution in [-0.2, 0) is 4.79 Å². The Kier molecular flexibility index (Phi) is 7.91. The number of nitrogens with zero attached hydrogens (tertiary/aromatic N) is 4. The number of carbonyl (C=O) groups excluding carboxylic acids is 1. The molecule has 6 nitrogen and oxygen atoms in total. The van der Waals surface area contributed by atoms with Crippen molar-refractivity contribution in [1.29, 1.82) is 0 Å². The number of aryl methyl sites for hydroxylation is 1. The van der Waals surface area contributed by atoms with Crippen molar-refractivity contribution in [2.45, 2.75) is 12.1 Å². The summed E-state index contributed by atoms with van der Waals surface area (Å²) in [6, 6.07) is 25.3. The standard InChI is InChI=1S/C26H22ClN5OS/c1-19-9-11-21(12-10-19)25-30-31-26(32(25)23-15-13-22(27)14-16-23)34-18-24(33)29-28-17-5-8-20-6-3-2-4-7-20/h2-17H,18H2,1H3,(H,29,33)/b8-5+,28-17-. The maximum atomic E-state index is 12.3. The maximum absolute atomic E-state index is 12.3. The summed E-state index contributed by atoms with van der Waals surface area (Å²) in [6.45, 7) is 2.04. The number of rotatable bonds is 8. The number of benzene rings is 3. The van der Waals surface area contributed by atoms with E-state index in [1.165, 1.54) is 11.8 Å². The third-order valence-electron chi connectivity index (χ3n) is 4.80. The molecule has 0 radical (unpaired) electrons. The van der Waals surface area contributed by atoms with Gasteiger partial charge in [0, 0.05) is 22.5 Å². The largest absolute Gasteiger partial charge is 0.272 e. The van der Waals surface area contributed by atoms with E-state index >= 15 is 0 Å². The van der Waals surface area contributed by atoms with Crippen LogP contribution in [0.3, 0.4) is 0 Å². The Morgan fingerprint density at radius 2 is 1.76 bits per heavy atom. The molecular weight excluding hydrogens is 466 g/mol. The molecule has 0 bridgehead atoms. The number of hydrazone groups is 1. The van der Waals surface area contributed by atoms with Crippen LogP contribution in [0.1, 0.15) is 11.1 Å². The summed E-state index contributed by atoms with van der Waals surface area (Å²) in [5, 5.41) is 13.9. The van der Waals surface area contributed by atoms with E-state index in [1.54, 1.807) is 12.3 Å². The van der Waals surface area contributed by atoms with Gasteiger partial charge in [-0.3, -0.25) is 9.36 Å². The number of thioether (sulfide) groups is 1. The Balaban J connectivity index is 1.45. The minimum Gasteiger partial charge on any atom is -0.272 e. The molecule has 170 valence electrons. The lowest BCUT2D eigenvalue weighted by Crippen LogP contribution is -2.19. The zero-order valence-corrected chi connectivity index (χ0v) is 20.0. The van der Waals surface area contributed by atoms with Crippen LogP contribution in [0.25, 0.3) is 23.2 Å². The summed E-state index contributed by atoms with van der Waals surface area (Å²) < 4.78 is 1.92. The predicted molar refractivity (Wildman–Crippen MR) is 139 cm³/mol. The molecule has 3 aromatic carbocycles. The van der Waals surface area contributed by atoms with Gasteiger partial charge < -0.3 is 0 Å². The van der Waals surface area contributed by atoms with Crippen LogP contribution < -0.4 is 5.43 Å². The Labute approximate surface area is 207 Å². The Morgan fingerprint density at radius 1 is 1.03 bits per heavy atom. The van der Waals surface area contributed by atoms with Crippen molar-refractivity contribution in [2.24, 2.45) is 5.10 Å². The van der Waals surface area contributed by atoms with Crippen molar-refractivity contribution >= 4 is 41.6 Å². The lowest BCUT2D eigenvalue weighted by molar-refractivity contribution is -0.118. The van der Waals surface area contributed by atoms with Gasteiger partial charge in [-0.1, -0.05) is 89.6 Å². The number of allylic oxidation sites excluding steroid dienone is 1. The first-order valence-electron chi connectivity index (χ1n) is 10.5. The Hall–Kier alpha value is -3.68. The molecule has 1 heterocycles. The molecule has 0 aliphatic heterocycles. The van der Waals surface area contributed by atoms with Crippen LogP contribution in [-0.4, -0.2) is 32.6 Å². The normalized spacial score (nSPS) is 11.4. The van der Waals surface area contributed by atoms with E-state index in [0.29, 0.717) is 16.0 Å². The summed E-state index contributed by atoms with van der Waals surface area (Å²) in [5.41, 5.74) is 6.54. The fourth-order valence-electron chi connectivity index (χ4n) is 3.11. The third kappa shape index (κ3) is 6.21. The predicted octanol–water partition coefficient (Wildman–Crippen LogP) is 5.80. The molecule has 0 saturated carbocycles. The third-order valence-corrected chi connectivity index (χ3v) is 5.98. The minimum absolute atomic E-state index is 0.138. The molecule has 0 aliphatic carbocycles. The topological polar surface area (TPSA) is 72.2 Å². The van der Waals surface area contributed by atoms with Gasteiger partial charge in [-0.05, 0) is 42.8 Å². The van der Waals surface area contributed by atoms with Crippen molar-refractivity contribution in [3.63, 3.8) is 0 Å². The first-order chi connectivity index (χ1) is 16.6. The van der Waals surface area contributed by atoms with Crippen molar-refractivity contribution < 1.29 is 4.79 Å². The SMILES string of the molecule is Cc1ccc(-c2nnc(SCC(=O)N/N=C\C=C\c3ccccc3)n2-c2ccc(Cl)cc2)cc1. The molecule has 1 N–H and O–H groups in total. The molecule has 8 heteroatoms. The highest BCUT2D eigenvalue weighted by Gasteiger charge is 2.17. The van der Waals surface area contributed by atoms with Crippen molar-refractivity contribution in [3.8, 4) is 17.1 Å². The Bertz CT molecular complexity index is 1300. The molecule has 4 rings (SSSR count). The smallest absolute Gasteiger partial charge is 0.250 e. The molecule has 34 heavy (non-hydrogen) atoms. The molecule has 0 aliphatic rings. The maximum Gasteiger partial charge on any atom is 0.250 e. The van der Waals surface area contributed by atoms with Gasteiger partial charge in [0.2, 0.25) is 0 Å². The highest BCUT2D eigenvalue weighted by Crippen LogP contribution is 2.28. The number of aromatic nitrogens is 3. The monoisotopic (exact) mass is 487 g/mol. The molecule has 0 fully saturated rings. The number of carbonyl (C=O) groups is 1. The van der Waals surface area contributed by atoms with Gasteiger partial charge in [-0.15, -0.1) is 10.2 Å². The number of halogens is 1. The zero-order chi connectivity index (χ0) is 23.8. The van der Waals surface area contributed by atoms with Crippen molar-refractivity contribution in [2.75, 3.05) is 5.75 Å². The summed E-state index contributed by atoms with van der Waals surface area (Å²) in [5.74, 6) is 0.588. The number of hydrogen-bond acceptors (Lipinski definition) is 5. The molecular formula is C26H22ClN5OS. The van der Waals surface area contributed by atoms with E-state index in [1.807, 2.05) is 96.4 Å². The molecule has 0 saturated heterocycles. The van der Waals surface area contributed by atoms with E-state index in [0.717, 1.165) is 22.4 Å². The highest BCUT2D eigenvalue weighted by atomic mass is 35.5. The van der Waals surface area contributed by atoms with Crippen LogP contribution in [0.15, 0.2) is 95.2 Å². The fraction of sp³-hybridized carbons (Fsp3) is 0.0769. The summed E-state index contributed by atoms with van der Waals surface area (Å²) in [4.78, 5) is 12.3. The quantitative estimate of drug-likeness (QED) is 0.193. The van der Waals surface area contributed by atoms with Gasteiger partial charge in [-0.25, -0.2) is 5.43 Å². The lowest BCUT2D eigenvalue weighted by Gasteiger charge is -2.10. The zero-order valence-electron chi connectivity index (χ0n) is 18.4. The second-order valence-electron chi connectivity index (χ2n) is 7.36. The minimum atomic E-state index is -0.239. The van der Waals surface area contributed by atoms with Crippen molar-refractivity contribution in [3.05, 3.63) is 101 Å². The molecule has 4 aromatic rings. The molecule has 0 atom stereocenters. The summed E-state index contributed by atoms with van der Waals surface area (Å²) in [6.07, 6.45) is 5.22.